The summed E-state index contributed by atoms with van der Waals surface area (Å²) in [4.78, 5) is 24.5. The summed E-state index contributed by atoms with van der Waals surface area (Å²) in [6, 6.07) is 2.27. The number of nitrogens with zero attached hydrogens (tertiary/aromatic N) is 1. The molecule has 2 rings (SSSR count). The van der Waals surface area contributed by atoms with Crippen LogP contribution in [0.25, 0.3) is 0 Å². The molecule has 1 unspecified atom stereocenters. The molecule has 1 aliphatic heterocycles. The highest BCUT2D eigenvalue weighted by molar-refractivity contribution is 9.10. The molecule has 0 spiro atoms. The highest BCUT2D eigenvalue weighted by Gasteiger charge is 2.32. The summed E-state index contributed by atoms with van der Waals surface area (Å²) in [6.45, 7) is 0.433. The predicted octanol–water partition coefficient (Wildman–Crippen LogP) is 3.03. The SMILES string of the molecule is O=C(O)c1cc(F)c(Br)cc1N1CC(CBr)CC1=O. The van der Waals surface area contributed by atoms with E-state index in [9.17, 15) is 14.0 Å². The van der Waals surface area contributed by atoms with E-state index in [-0.39, 0.29) is 27.5 Å². The third-order valence-electron chi connectivity index (χ3n) is 2.98. The summed E-state index contributed by atoms with van der Waals surface area (Å²) in [7, 11) is 0. The van der Waals surface area contributed by atoms with E-state index in [0.29, 0.717) is 18.3 Å². The van der Waals surface area contributed by atoms with Crippen LogP contribution in [0.1, 0.15) is 16.8 Å². The van der Waals surface area contributed by atoms with Crippen molar-refractivity contribution in [2.24, 2.45) is 5.92 Å². The van der Waals surface area contributed by atoms with Crippen molar-refractivity contribution in [1.29, 1.82) is 0 Å². The van der Waals surface area contributed by atoms with Crippen molar-refractivity contribution in [2.75, 3.05) is 16.8 Å². The monoisotopic (exact) mass is 393 g/mol. The number of amides is 1. The molecule has 1 aliphatic rings. The number of anilines is 1. The Morgan fingerprint density at radius 3 is 2.74 bits per heavy atom. The fourth-order valence-corrected chi connectivity index (χ4v) is 2.81. The fourth-order valence-electron chi connectivity index (χ4n) is 2.05. The molecule has 0 aromatic heterocycles. The van der Waals surface area contributed by atoms with Crippen molar-refractivity contribution >= 4 is 49.4 Å². The Morgan fingerprint density at radius 1 is 1.53 bits per heavy atom. The van der Waals surface area contributed by atoms with Gasteiger partial charge in [0, 0.05) is 18.3 Å². The first-order valence-electron chi connectivity index (χ1n) is 5.52. The molecule has 0 saturated carbocycles. The van der Waals surface area contributed by atoms with E-state index in [1.165, 1.54) is 11.0 Å². The van der Waals surface area contributed by atoms with Crippen LogP contribution >= 0.6 is 31.9 Å². The van der Waals surface area contributed by atoms with Gasteiger partial charge >= 0.3 is 5.97 Å². The molecule has 0 bridgehead atoms. The number of rotatable bonds is 3. The second-order valence-corrected chi connectivity index (χ2v) is 5.82. The van der Waals surface area contributed by atoms with Gasteiger partial charge in [0.1, 0.15) is 5.82 Å². The zero-order valence-corrected chi connectivity index (χ0v) is 12.9. The van der Waals surface area contributed by atoms with Crippen LogP contribution in [0.15, 0.2) is 16.6 Å². The summed E-state index contributed by atoms with van der Waals surface area (Å²) in [6.07, 6.45) is 0.360. The number of benzene rings is 1. The molecule has 1 fully saturated rings. The summed E-state index contributed by atoms with van der Waals surface area (Å²) in [5, 5.41) is 9.79. The lowest BCUT2D eigenvalue weighted by atomic mass is 10.1. The minimum absolute atomic E-state index is 0.137. The van der Waals surface area contributed by atoms with Crippen molar-refractivity contribution in [3.05, 3.63) is 28.0 Å². The molecule has 1 saturated heterocycles. The van der Waals surface area contributed by atoms with E-state index in [2.05, 4.69) is 31.9 Å². The smallest absolute Gasteiger partial charge is 0.337 e. The van der Waals surface area contributed by atoms with Crippen LogP contribution in [0.4, 0.5) is 10.1 Å². The molecule has 1 amide bonds. The number of hydrogen-bond donors (Lipinski definition) is 1. The van der Waals surface area contributed by atoms with Gasteiger partial charge in [0.25, 0.3) is 0 Å². The quantitative estimate of drug-likeness (QED) is 0.801. The Balaban J connectivity index is 2.47. The standard InChI is InChI=1S/C12H10Br2FNO3/c13-4-6-1-11(17)16(5-6)10-3-8(14)9(15)2-7(10)12(18)19/h2-3,6H,1,4-5H2,(H,18,19). The number of alkyl halides is 1. The maximum Gasteiger partial charge on any atom is 0.337 e. The van der Waals surface area contributed by atoms with Gasteiger partial charge in [-0.15, -0.1) is 0 Å². The second kappa shape index (κ2) is 5.58. The normalized spacial score (nSPS) is 19.0. The first-order chi connectivity index (χ1) is 8.93. The Morgan fingerprint density at radius 2 is 2.21 bits per heavy atom. The van der Waals surface area contributed by atoms with Gasteiger partial charge in [-0.3, -0.25) is 4.79 Å². The van der Waals surface area contributed by atoms with Crippen molar-refractivity contribution in [1.82, 2.24) is 0 Å². The molecule has 1 aromatic carbocycles. The number of halogens is 3. The van der Waals surface area contributed by atoms with Crippen LogP contribution in [0.3, 0.4) is 0 Å². The lowest BCUT2D eigenvalue weighted by Gasteiger charge is -2.19. The average molecular weight is 395 g/mol. The van der Waals surface area contributed by atoms with Crippen LogP contribution in [-0.2, 0) is 4.79 Å². The van der Waals surface area contributed by atoms with Gasteiger partial charge in [0.2, 0.25) is 5.91 Å². The average Bonchev–Trinajstić information content (AvgIpc) is 2.73. The van der Waals surface area contributed by atoms with Gasteiger partial charge in [-0.05, 0) is 34.0 Å². The zero-order chi connectivity index (χ0) is 14.2. The van der Waals surface area contributed by atoms with E-state index in [4.69, 9.17) is 5.11 Å². The largest absolute Gasteiger partial charge is 0.478 e. The van der Waals surface area contributed by atoms with Gasteiger partial charge in [0.15, 0.2) is 0 Å². The van der Waals surface area contributed by atoms with Crippen LogP contribution < -0.4 is 4.90 Å². The Hall–Kier alpha value is -0.950. The molecule has 1 N–H and O–H groups in total. The maximum atomic E-state index is 13.4. The van der Waals surface area contributed by atoms with Crippen LogP contribution in [0.2, 0.25) is 0 Å². The number of carboxylic acids is 1. The molecule has 7 heteroatoms. The van der Waals surface area contributed by atoms with E-state index >= 15 is 0 Å². The lowest BCUT2D eigenvalue weighted by Crippen LogP contribution is -2.27. The highest BCUT2D eigenvalue weighted by atomic mass is 79.9. The minimum atomic E-state index is -1.25. The van der Waals surface area contributed by atoms with E-state index < -0.39 is 11.8 Å². The third kappa shape index (κ3) is 2.81. The third-order valence-corrected chi connectivity index (χ3v) is 4.51. The number of carbonyl (C=O) groups excluding carboxylic acids is 1. The van der Waals surface area contributed by atoms with Crippen molar-refractivity contribution in [3.63, 3.8) is 0 Å². The fraction of sp³-hybridized carbons (Fsp3) is 0.333. The van der Waals surface area contributed by atoms with Crippen LogP contribution in [-0.4, -0.2) is 28.9 Å². The number of aromatic carboxylic acids is 1. The molecule has 102 valence electrons. The summed E-state index contributed by atoms with van der Waals surface area (Å²) >= 11 is 6.33. The van der Waals surface area contributed by atoms with Gasteiger partial charge in [0.05, 0.1) is 15.7 Å². The molecule has 1 aromatic rings. The first kappa shape index (κ1) is 14.5. The highest BCUT2D eigenvalue weighted by Crippen LogP contribution is 2.32. The van der Waals surface area contributed by atoms with Crippen molar-refractivity contribution < 1.29 is 19.1 Å². The minimum Gasteiger partial charge on any atom is -0.478 e. The zero-order valence-electron chi connectivity index (χ0n) is 9.70. The van der Waals surface area contributed by atoms with E-state index in [1.807, 2.05) is 0 Å². The van der Waals surface area contributed by atoms with Gasteiger partial charge < -0.3 is 10.0 Å². The van der Waals surface area contributed by atoms with Crippen LogP contribution in [0.5, 0.6) is 0 Å². The molecular formula is C12H10Br2FNO3. The Kier molecular flexibility index (Phi) is 4.25. The van der Waals surface area contributed by atoms with Crippen molar-refractivity contribution in [3.8, 4) is 0 Å². The molecular weight excluding hydrogens is 385 g/mol. The molecule has 1 atom stereocenters. The number of hydrogen-bond acceptors (Lipinski definition) is 2. The van der Waals surface area contributed by atoms with E-state index in [1.54, 1.807) is 0 Å². The van der Waals surface area contributed by atoms with E-state index in [0.717, 1.165) is 6.07 Å². The predicted molar refractivity (Wildman–Crippen MR) is 75.3 cm³/mol. The first-order valence-corrected chi connectivity index (χ1v) is 7.44. The number of carboxylic acid groups (broad SMARTS) is 1. The van der Waals surface area contributed by atoms with Gasteiger partial charge in [-0.2, -0.15) is 0 Å². The molecule has 1 heterocycles. The number of carbonyl (C=O) groups is 2. The Bertz CT molecular complexity index is 550. The molecule has 4 nitrogen and oxygen atoms in total. The topological polar surface area (TPSA) is 57.6 Å². The Labute approximate surface area is 125 Å². The maximum absolute atomic E-state index is 13.4. The van der Waals surface area contributed by atoms with Gasteiger partial charge in [-0.1, -0.05) is 15.9 Å². The summed E-state index contributed by atoms with van der Waals surface area (Å²) in [5.41, 5.74) is 0.0264. The van der Waals surface area contributed by atoms with Crippen LogP contribution in [0, 0.1) is 11.7 Å². The van der Waals surface area contributed by atoms with Gasteiger partial charge in [-0.25, -0.2) is 9.18 Å². The summed E-state index contributed by atoms with van der Waals surface area (Å²) < 4.78 is 13.6. The summed E-state index contributed by atoms with van der Waals surface area (Å²) in [5.74, 6) is -1.93. The molecule has 0 radical (unpaired) electrons. The lowest BCUT2D eigenvalue weighted by molar-refractivity contribution is -0.117. The van der Waals surface area contributed by atoms with Crippen molar-refractivity contribution in [2.45, 2.75) is 6.42 Å². The molecule has 0 aliphatic carbocycles. The second-order valence-electron chi connectivity index (χ2n) is 4.32. The molecule has 19 heavy (non-hydrogen) atoms.